The standard InChI is InChI=1S/3C17H36.C16H34.C15H32.2C14H30.C4H10.8C3H8.4CH4/c1-7-9-16(6)13-17(11-10-14(3)4)12-15(5)8-2;2*1-7-15(6)12-17(11-10-14(4)5)13-16(8-2)9-3;1-7-8-15(6)12-16(11-14(4)5)10-9-13(2)3;1-7-14(6)11-15(10-13(4)5)9-8-12(2)3;2*1-11(2)7-8-14(9-12(3)4)10-13(5)6;1-3-4-2;8*1-3-2;;;;/h3*14-17H,7-13H2,1-6H3;13-16H,7-12H2,1-6H3;12-15H,7-11H2,1-6H3;2*11-14H,7-10H2,1-6H3;3-4H2,1-2H3;8*3H2,1-2H3;4*1H4. The lowest BCUT2D eigenvalue weighted by Crippen LogP contribution is -2.12. The molecule has 0 aromatic heterocycles. The van der Waals surface area contributed by atoms with Gasteiger partial charge in [0.2, 0.25) is 0 Å². The van der Waals surface area contributed by atoms with Gasteiger partial charge in [-0.15, -0.1) is 0 Å². The van der Waals surface area contributed by atoms with Crippen molar-refractivity contribution in [3.05, 3.63) is 0 Å². The van der Waals surface area contributed by atoms with Crippen molar-refractivity contribution in [3.8, 4) is 0 Å². The average molecular weight is 2030 g/mol. The van der Waals surface area contributed by atoms with Gasteiger partial charge in [0.15, 0.2) is 0 Å². The van der Waals surface area contributed by atoms with Gasteiger partial charge in [-0.2, -0.15) is 0 Å². The normalized spacial score (nSPS) is 12.9. The molecule has 0 aliphatic carbocycles. The lowest BCUT2D eigenvalue weighted by Gasteiger charge is -2.25. The van der Waals surface area contributed by atoms with Crippen LogP contribution in [-0.4, -0.2) is 0 Å². The van der Waals surface area contributed by atoms with E-state index in [-0.39, 0.29) is 29.7 Å². The first-order valence-corrected chi connectivity index (χ1v) is 64.5. The first-order chi connectivity index (χ1) is 64.5. The van der Waals surface area contributed by atoms with Gasteiger partial charge in [-0.25, -0.2) is 0 Å². The molecule has 0 aliphatic rings. The van der Waals surface area contributed by atoms with Crippen LogP contribution in [0.3, 0.4) is 0 Å². The third-order valence-electron chi connectivity index (χ3n) is 25.8. The summed E-state index contributed by atoms with van der Waals surface area (Å²) < 4.78 is 0. The van der Waals surface area contributed by atoms with Gasteiger partial charge in [-0.1, -0.05) is 676 Å². The van der Waals surface area contributed by atoms with Crippen molar-refractivity contribution >= 4 is 0 Å². The predicted octanol–water partition coefficient (Wildman–Crippen LogP) is 56.3. The fourth-order valence-electron chi connectivity index (χ4n) is 17.8. The third-order valence-corrected chi connectivity index (χ3v) is 25.8. The van der Waals surface area contributed by atoms with E-state index in [1.807, 2.05) is 0 Å². The van der Waals surface area contributed by atoms with Gasteiger partial charge >= 0.3 is 0 Å². The van der Waals surface area contributed by atoms with Crippen LogP contribution in [0.4, 0.5) is 0 Å². The molecule has 11 atom stereocenters. The van der Waals surface area contributed by atoms with Gasteiger partial charge in [-0.3, -0.25) is 0 Å². The van der Waals surface area contributed by atoms with E-state index in [1.54, 1.807) is 0 Å². The summed E-state index contributed by atoms with van der Waals surface area (Å²) in [6, 6.07) is 0. The predicted molar refractivity (Wildman–Crippen MR) is 696 cm³/mol. The first kappa shape index (κ1) is 190. The monoisotopic (exact) mass is 2030 g/mol. The van der Waals surface area contributed by atoms with Crippen LogP contribution >= 0.6 is 0 Å². The molecule has 0 saturated heterocycles. The Labute approximate surface area is 925 Å². The largest absolute Gasteiger partial charge is 0.0776 e. The molecule has 0 aromatic rings. The fraction of sp³-hybridized carbons (Fsp3) is 1.00. The highest BCUT2D eigenvalue weighted by atomic mass is 14.3. The van der Waals surface area contributed by atoms with E-state index in [0.29, 0.717) is 0 Å². The zero-order valence-corrected chi connectivity index (χ0v) is 112. The van der Waals surface area contributed by atoms with Gasteiger partial charge < -0.3 is 0 Å². The molecule has 0 aliphatic heterocycles. The molecule has 0 N–H and O–H groups in total. The number of unbranched alkanes of at least 4 members (excludes halogenated alkanes) is 1. The van der Waals surface area contributed by atoms with E-state index in [9.17, 15) is 0 Å². The maximum atomic E-state index is 2.45. The molecule has 0 rings (SSSR count). The number of hydrogen-bond donors (Lipinski definition) is 0. The highest BCUT2D eigenvalue weighted by Gasteiger charge is 2.23. The Hall–Kier alpha value is 0. The molecule has 0 heteroatoms. The van der Waals surface area contributed by atoms with Crippen LogP contribution in [-0.2, 0) is 0 Å². The molecular formula is C142H324. The van der Waals surface area contributed by atoms with E-state index < -0.39 is 0 Å². The van der Waals surface area contributed by atoms with Crippen molar-refractivity contribution in [1.82, 2.24) is 0 Å². The summed E-state index contributed by atoms with van der Waals surface area (Å²) in [5, 5.41) is 0. The lowest BCUT2D eigenvalue weighted by atomic mass is 9.81. The Balaban J connectivity index is -0.0000000646. The second-order valence-corrected chi connectivity index (χ2v) is 51.4. The van der Waals surface area contributed by atoms with Crippen LogP contribution in [0.2, 0.25) is 0 Å². The molecule has 11 unspecified atom stereocenters. The van der Waals surface area contributed by atoms with Crippen LogP contribution < -0.4 is 0 Å². The molecule has 142 heavy (non-hydrogen) atoms. The number of hydrogen-bond acceptors (Lipinski definition) is 0. The summed E-state index contributed by atoms with van der Waals surface area (Å²) in [6.07, 6.45) is 69.3. The molecule has 0 amide bonds. The molecule has 0 nitrogen and oxygen atoms in total. The Kier molecular flexibility index (Phi) is 206. The quantitative estimate of drug-likeness (QED) is 0.0569. The Bertz CT molecular complexity index is 1740. The average Bonchev–Trinajstić information content (AvgIpc) is 0.925. The van der Waals surface area contributed by atoms with Gasteiger partial charge in [0.25, 0.3) is 0 Å². The summed E-state index contributed by atoms with van der Waals surface area (Å²) >= 11 is 0. The Morgan fingerprint density at radius 1 is 0.0986 bits per heavy atom. The van der Waals surface area contributed by atoms with Gasteiger partial charge in [0.05, 0.1) is 0 Å². The van der Waals surface area contributed by atoms with E-state index >= 15 is 0 Å². The lowest BCUT2D eigenvalue weighted by molar-refractivity contribution is 0.271. The van der Waals surface area contributed by atoms with Crippen molar-refractivity contribution in [3.63, 3.8) is 0 Å². The molecule has 0 radical (unpaired) electrons. The second kappa shape index (κ2) is 154. The zero-order valence-electron chi connectivity index (χ0n) is 112. The van der Waals surface area contributed by atoms with Crippen molar-refractivity contribution in [1.29, 1.82) is 0 Å². The van der Waals surface area contributed by atoms with Crippen molar-refractivity contribution in [2.45, 2.75) is 766 Å². The summed E-state index contributed by atoms with van der Waals surface area (Å²) in [7, 11) is 0. The van der Waals surface area contributed by atoms with E-state index in [4.69, 9.17) is 0 Å². The maximum Gasteiger partial charge on any atom is -0.0409 e. The molecule has 0 saturated carbocycles. The topological polar surface area (TPSA) is 0 Å². The minimum Gasteiger partial charge on any atom is -0.0776 e. The SMILES string of the molecule is C.C.C.C.CC(C)CCC(CC(C)C)CC(C)C.CC(C)CCC(CC(C)C)CC(C)C.CCC.CCC.CCC.CCC.CCC.CCC.CCC.CCC.CCC(C)CC(CCC(C)C)CC(C)C.CCC(C)CC(CCC(C)C)CC(CC)CC.CCC(C)CC(CCC(C)C)CC(CC)CC.CCCC.CCCC(C)CC(CCC(C)C)CC(C)C.CCCC(C)CC(CCC(C)C)CC(C)CC. The van der Waals surface area contributed by atoms with Gasteiger partial charge in [0.1, 0.15) is 0 Å². The van der Waals surface area contributed by atoms with Crippen LogP contribution in [0.5, 0.6) is 0 Å². The second-order valence-electron chi connectivity index (χ2n) is 51.4. The van der Waals surface area contributed by atoms with Crippen molar-refractivity contribution in [2.24, 2.45) is 166 Å². The minimum absolute atomic E-state index is 0. The third kappa shape index (κ3) is 208. The van der Waals surface area contributed by atoms with Gasteiger partial charge in [-0.05, 0) is 256 Å². The van der Waals surface area contributed by atoms with Crippen LogP contribution in [0.25, 0.3) is 0 Å². The Morgan fingerprint density at radius 2 is 0.211 bits per heavy atom. The summed E-state index contributed by atoms with van der Waals surface area (Å²) in [5.74, 6) is 25.6. The Morgan fingerprint density at radius 3 is 0.310 bits per heavy atom. The zero-order chi connectivity index (χ0) is 112. The highest BCUT2D eigenvalue weighted by molar-refractivity contribution is 4.75. The van der Waals surface area contributed by atoms with E-state index in [2.05, 4.69) is 415 Å². The summed E-state index contributed by atoms with van der Waals surface area (Å²) in [4.78, 5) is 0. The fourth-order valence-corrected chi connectivity index (χ4v) is 17.8. The molecule has 0 aromatic carbocycles. The van der Waals surface area contributed by atoms with E-state index in [1.165, 1.54) is 321 Å². The molecule has 0 bridgehead atoms. The summed E-state index contributed by atoms with van der Waals surface area (Å²) in [5.41, 5.74) is 0. The highest BCUT2D eigenvalue weighted by Crippen LogP contribution is 2.36. The van der Waals surface area contributed by atoms with Crippen LogP contribution in [0.15, 0.2) is 0 Å². The molecular weight excluding hydrogens is 1710 g/mol. The number of rotatable bonds is 62. The minimum atomic E-state index is 0. The molecule has 0 heterocycles. The maximum absolute atomic E-state index is 2.45. The van der Waals surface area contributed by atoms with Crippen molar-refractivity contribution < 1.29 is 0 Å². The van der Waals surface area contributed by atoms with Crippen LogP contribution in [0.1, 0.15) is 766 Å². The van der Waals surface area contributed by atoms with Crippen LogP contribution in [0, 0.1) is 166 Å². The van der Waals surface area contributed by atoms with Gasteiger partial charge in [0, 0.05) is 0 Å². The molecule has 0 spiro atoms. The smallest absolute Gasteiger partial charge is 0.0409 e. The first-order valence-electron chi connectivity index (χ1n) is 64.5. The van der Waals surface area contributed by atoms with Crippen molar-refractivity contribution in [2.75, 3.05) is 0 Å². The molecule has 892 valence electrons. The van der Waals surface area contributed by atoms with E-state index in [0.717, 1.165) is 166 Å². The summed E-state index contributed by atoms with van der Waals surface area (Å²) in [6.45, 7) is 137. The molecule has 0 fully saturated rings.